The van der Waals surface area contributed by atoms with Crippen molar-refractivity contribution >= 4 is 0 Å². The van der Waals surface area contributed by atoms with Crippen molar-refractivity contribution in [2.45, 2.75) is 26.7 Å². The second-order valence-corrected chi connectivity index (χ2v) is 4.33. The van der Waals surface area contributed by atoms with Gasteiger partial charge in [0, 0.05) is 0 Å². The highest BCUT2D eigenvalue weighted by molar-refractivity contribution is 5.26. The number of aryl methyl sites for hydroxylation is 1. The Balaban J connectivity index is 2.81. The molecule has 0 aliphatic heterocycles. The van der Waals surface area contributed by atoms with E-state index in [1.54, 1.807) is 6.07 Å². The third kappa shape index (κ3) is 3.03. The number of rotatable bonds is 4. The van der Waals surface area contributed by atoms with Crippen LogP contribution in [0.5, 0.6) is 0 Å². The van der Waals surface area contributed by atoms with Gasteiger partial charge in [-0.25, -0.2) is 4.39 Å². The third-order valence-electron chi connectivity index (χ3n) is 3.09. The minimum absolute atomic E-state index is 0.118. The Hall–Kier alpha value is -0.890. The van der Waals surface area contributed by atoms with Crippen LogP contribution >= 0.6 is 0 Å². The highest BCUT2D eigenvalue weighted by Crippen LogP contribution is 2.25. The molecule has 0 heterocycles. The van der Waals surface area contributed by atoms with Crippen molar-refractivity contribution in [3.8, 4) is 0 Å². The fourth-order valence-corrected chi connectivity index (χ4v) is 1.78. The molecule has 0 fully saturated rings. The Morgan fingerprint density at radius 2 is 2.00 bits per heavy atom. The zero-order chi connectivity index (χ0) is 11.4. The molecule has 0 bridgehead atoms. The van der Waals surface area contributed by atoms with Crippen LogP contribution in [0.25, 0.3) is 0 Å². The lowest BCUT2D eigenvalue weighted by Gasteiger charge is -2.20. The van der Waals surface area contributed by atoms with E-state index in [2.05, 4.69) is 19.2 Å². The van der Waals surface area contributed by atoms with E-state index in [9.17, 15) is 4.39 Å². The van der Waals surface area contributed by atoms with Gasteiger partial charge in [-0.2, -0.15) is 0 Å². The summed E-state index contributed by atoms with van der Waals surface area (Å²) in [5.74, 6) is 0.892. The van der Waals surface area contributed by atoms with Gasteiger partial charge < -0.3 is 5.32 Å². The van der Waals surface area contributed by atoms with Crippen LogP contribution in [0.3, 0.4) is 0 Å². The fraction of sp³-hybridized carbons (Fsp3) is 0.538. The van der Waals surface area contributed by atoms with Gasteiger partial charge in [-0.05, 0) is 49.5 Å². The molecule has 1 N–H and O–H groups in total. The Morgan fingerprint density at radius 3 is 2.53 bits per heavy atom. The Kier molecular flexibility index (Phi) is 4.28. The summed E-state index contributed by atoms with van der Waals surface area (Å²) in [5.41, 5.74) is 1.95. The molecule has 0 radical (unpaired) electrons. The minimum atomic E-state index is -0.118. The van der Waals surface area contributed by atoms with E-state index in [4.69, 9.17) is 0 Å². The van der Waals surface area contributed by atoms with E-state index in [0.717, 1.165) is 12.1 Å². The molecule has 1 aromatic carbocycles. The van der Waals surface area contributed by atoms with Crippen molar-refractivity contribution in [3.63, 3.8) is 0 Å². The molecule has 0 amide bonds. The van der Waals surface area contributed by atoms with Crippen LogP contribution in [-0.2, 0) is 0 Å². The van der Waals surface area contributed by atoms with E-state index in [1.807, 2.05) is 26.1 Å². The first-order valence-corrected chi connectivity index (χ1v) is 5.47. The molecule has 2 atom stereocenters. The predicted octanol–water partition coefficient (Wildman–Crippen LogP) is 3.09. The fourth-order valence-electron chi connectivity index (χ4n) is 1.78. The summed E-state index contributed by atoms with van der Waals surface area (Å²) in [6, 6.07) is 5.40. The number of hydrogen-bond acceptors (Lipinski definition) is 1. The monoisotopic (exact) mass is 209 g/mol. The molecule has 1 aromatic rings. The molecule has 2 heteroatoms. The van der Waals surface area contributed by atoms with Crippen LogP contribution in [0.2, 0.25) is 0 Å². The van der Waals surface area contributed by atoms with E-state index >= 15 is 0 Å². The molecule has 0 aliphatic carbocycles. The van der Waals surface area contributed by atoms with Gasteiger partial charge in [-0.3, -0.25) is 0 Å². The standard InChI is InChI=1S/C13H20FN/c1-9-7-12(5-6-13(9)14)11(3)10(2)8-15-4/h5-7,10-11,15H,8H2,1-4H3. The zero-order valence-corrected chi connectivity index (χ0v) is 9.97. The average Bonchev–Trinajstić information content (AvgIpc) is 2.21. The van der Waals surface area contributed by atoms with Gasteiger partial charge in [0.05, 0.1) is 0 Å². The highest BCUT2D eigenvalue weighted by Gasteiger charge is 2.14. The predicted molar refractivity (Wildman–Crippen MR) is 62.6 cm³/mol. The van der Waals surface area contributed by atoms with Crippen molar-refractivity contribution in [2.24, 2.45) is 5.92 Å². The first-order valence-electron chi connectivity index (χ1n) is 5.47. The lowest BCUT2D eigenvalue weighted by Crippen LogP contribution is -2.20. The molecule has 15 heavy (non-hydrogen) atoms. The van der Waals surface area contributed by atoms with Gasteiger partial charge in [-0.15, -0.1) is 0 Å². The smallest absolute Gasteiger partial charge is 0.126 e. The summed E-state index contributed by atoms with van der Waals surface area (Å²) in [6.07, 6.45) is 0. The lowest BCUT2D eigenvalue weighted by molar-refractivity contribution is 0.465. The Labute approximate surface area is 91.7 Å². The van der Waals surface area contributed by atoms with E-state index in [0.29, 0.717) is 11.8 Å². The van der Waals surface area contributed by atoms with Crippen LogP contribution in [0.1, 0.15) is 30.9 Å². The van der Waals surface area contributed by atoms with Crippen LogP contribution in [0.15, 0.2) is 18.2 Å². The first kappa shape index (κ1) is 12.2. The van der Waals surface area contributed by atoms with Crippen LogP contribution in [-0.4, -0.2) is 13.6 Å². The average molecular weight is 209 g/mol. The number of hydrogen-bond donors (Lipinski definition) is 1. The van der Waals surface area contributed by atoms with Crippen molar-refractivity contribution in [3.05, 3.63) is 35.1 Å². The molecule has 0 aliphatic rings. The highest BCUT2D eigenvalue weighted by atomic mass is 19.1. The van der Waals surface area contributed by atoms with E-state index in [-0.39, 0.29) is 5.82 Å². The zero-order valence-electron chi connectivity index (χ0n) is 9.97. The molecule has 2 unspecified atom stereocenters. The maximum Gasteiger partial charge on any atom is 0.126 e. The summed E-state index contributed by atoms with van der Waals surface area (Å²) in [6.45, 7) is 7.19. The molecular formula is C13H20FN. The molecule has 0 aromatic heterocycles. The van der Waals surface area contributed by atoms with Gasteiger partial charge in [0.15, 0.2) is 0 Å². The summed E-state index contributed by atoms with van der Waals surface area (Å²) >= 11 is 0. The lowest BCUT2D eigenvalue weighted by atomic mass is 9.88. The van der Waals surface area contributed by atoms with Crippen LogP contribution < -0.4 is 5.32 Å². The first-order chi connectivity index (χ1) is 7.06. The maximum atomic E-state index is 13.1. The third-order valence-corrected chi connectivity index (χ3v) is 3.09. The van der Waals surface area contributed by atoms with Crippen LogP contribution in [0, 0.1) is 18.7 Å². The number of nitrogens with one attached hydrogen (secondary N) is 1. The Morgan fingerprint density at radius 1 is 1.33 bits per heavy atom. The molecule has 0 spiro atoms. The largest absolute Gasteiger partial charge is 0.319 e. The number of benzene rings is 1. The van der Waals surface area contributed by atoms with E-state index in [1.165, 1.54) is 5.56 Å². The SMILES string of the molecule is CNCC(C)C(C)c1ccc(F)c(C)c1. The quantitative estimate of drug-likeness (QED) is 0.803. The number of halogens is 1. The molecule has 1 nitrogen and oxygen atoms in total. The van der Waals surface area contributed by atoms with Gasteiger partial charge in [0.25, 0.3) is 0 Å². The van der Waals surface area contributed by atoms with Gasteiger partial charge in [0.1, 0.15) is 5.82 Å². The molecule has 84 valence electrons. The van der Waals surface area contributed by atoms with Crippen molar-refractivity contribution in [1.29, 1.82) is 0 Å². The molecule has 0 saturated heterocycles. The van der Waals surface area contributed by atoms with Crippen molar-refractivity contribution < 1.29 is 4.39 Å². The Bertz CT molecular complexity index is 322. The summed E-state index contributed by atoms with van der Waals surface area (Å²) in [4.78, 5) is 0. The molecular weight excluding hydrogens is 189 g/mol. The van der Waals surface area contributed by atoms with Crippen molar-refractivity contribution in [1.82, 2.24) is 5.32 Å². The summed E-state index contributed by atoms with van der Waals surface area (Å²) in [5, 5.41) is 3.17. The second kappa shape index (κ2) is 5.26. The van der Waals surface area contributed by atoms with Gasteiger partial charge >= 0.3 is 0 Å². The normalized spacial score (nSPS) is 15.0. The summed E-state index contributed by atoms with van der Waals surface area (Å²) < 4.78 is 13.1. The summed E-state index contributed by atoms with van der Waals surface area (Å²) in [7, 11) is 1.96. The second-order valence-electron chi connectivity index (χ2n) is 4.33. The maximum absolute atomic E-state index is 13.1. The molecule has 1 rings (SSSR count). The van der Waals surface area contributed by atoms with E-state index < -0.39 is 0 Å². The van der Waals surface area contributed by atoms with Gasteiger partial charge in [0.2, 0.25) is 0 Å². The van der Waals surface area contributed by atoms with Crippen LogP contribution in [0.4, 0.5) is 4.39 Å². The van der Waals surface area contributed by atoms with Gasteiger partial charge in [-0.1, -0.05) is 26.0 Å². The molecule has 0 saturated carbocycles. The topological polar surface area (TPSA) is 12.0 Å². The minimum Gasteiger partial charge on any atom is -0.319 e. The van der Waals surface area contributed by atoms with Crippen molar-refractivity contribution in [2.75, 3.05) is 13.6 Å².